The van der Waals surface area contributed by atoms with Gasteiger partial charge in [-0.1, -0.05) is 27.5 Å². The molecule has 1 aromatic rings. The summed E-state index contributed by atoms with van der Waals surface area (Å²) in [5, 5.41) is -0.986. The smallest absolute Gasteiger partial charge is 0.166 e. The first kappa shape index (κ1) is 14.6. The van der Waals surface area contributed by atoms with E-state index in [4.69, 9.17) is 11.6 Å². The third-order valence-corrected chi connectivity index (χ3v) is 2.86. The van der Waals surface area contributed by atoms with E-state index >= 15 is 0 Å². The number of rotatable bonds is 1. The fourth-order valence-corrected chi connectivity index (χ4v) is 1.96. The number of benzene rings is 1. The van der Waals surface area contributed by atoms with Crippen LogP contribution in [0.25, 0.3) is 0 Å². The normalized spacial score (nSPS) is 12.9. The molecule has 17 heavy (non-hydrogen) atoms. The van der Waals surface area contributed by atoms with Gasteiger partial charge in [0, 0.05) is 5.33 Å². The van der Waals surface area contributed by atoms with E-state index in [0.29, 0.717) is 6.07 Å². The Balaban J connectivity index is 3.49. The average molecular weight is 341 g/mol. The molecule has 0 atom stereocenters. The predicted octanol–water partition coefficient (Wildman–Crippen LogP) is 5.27. The summed E-state index contributed by atoms with van der Waals surface area (Å²) in [4.78, 5) is 0. The van der Waals surface area contributed by atoms with Crippen LogP contribution in [0.4, 0.5) is 26.3 Å². The molecule has 0 aliphatic heterocycles. The van der Waals surface area contributed by atoms with E-state index in [9.17, 15) is 26.3 Å². The molecule has 0 saturated carbocycles. The number of hydrogen-bond donors (Lipinski definition) is 0. The van der Waals surface area contributed by atoms with Gasteiger partial charge in [0.15, 0.2) is 0 Å². The molecule has 0 N–H and O–H groups in total. The first-order chi connectivity index (χ1) is 7.57. The van der Waals surface area contributed by atoms with Crippen LogP contribution >= 0.6 is 27.5 Å². The Morgan fingerprint density at radius 3 is 1.76 bits per heavy atom. The standard InChI is InChI=1S/C9H4BrClF6/c10-3-4-1-7(11)6(9(15,16)17)2-5(4)8(12,13)14/h1-2H,3H2. The predicted molar refractivity (Wildman–Crippen MR) is 54.1 cm³/mol. The third kappa shape index (κ3) is 3.28. The van der Waals surface area contributed by atoms with Crippen molar-refractivity contribution in [3.63, 3.8) is 0 Å². The van der Waals surface area contributed by atoms with Crippen molar-refractivity contribution < 1.29 is 26.3 Å². The van der Waals surface area contributed by atoms with Gasteiger partial charge in [0.25, 0.3) is 0 Å². The van der Waals surface area contributed by atoms with Crippen LogP contribution < -0.4 is 0 Å². The molecule has 0 nitrogen and oxygen atoms in total. The Labute approximate surface area is 106 Å². The van der Waals surface area contributed by atoms with Crippen LogP contribution in [0.5, 0.6) is 0 Å². The van der Waals surface area contributed by atoms with Gasteiger partial charge < -0.3 is 0 Å². The molecule has 1 aromatic carbocycles. The Morgan fingerprint density at radius 1 is 0.941 bits per heavy atom. The summed E-state index contributed by atoms with van der Waals surface area (Å²) in [7, 11) is 0. The highest BCUT2D eigenvalue weighted by molar-refractivity contribution is 9.08. The van der Waals surface area contributed by atoms with E-state index < -0.39 is 28.5 Å². The maximum absolute atomic E-state index is 12.5. The van der Waals surface area contributed by atoms with Crippen molar-refractivity contribution in [3.8, 4) is 0 Å². The highest BCUT2D eigenvalue weighted by Gasteiger charge is 2.39. The van der Waals surface area contributed by atoms with E-state index in [2.05, 4.69) is 15.9 Å². The van der Waals surface area contributed by atoms with Gasteiger partial charge in [0.05, 0.1) is 16.1 Å². The van der Waals surface area contributed by atoms with Crippen LogP contribution in [0.1, 0.15) is 16.7 Å². The lowest BCUT2D eigenvalue weighted by Crippen LogP contribution is -2.13. The second-order valence-corrected chi connectivity index (χ2v) is 4.09. The monoisotopic (exact) mass is 340 g/mol. The lowest BCUT2D eigenvalue weighted by Gasteiger charge is -2.16. The van der Waals surface area contributed by atoms with Crippen molar-refractivity contribution in [2.45, 2.75) is 17.7 Å². The minimum Gasteiger partial charge on any atom is -0.166 e. The highest BCUT2D eigenvalue weighted by atomic mass is 79.9. The maximum Gasteiger partial charge on any atom is 0.417 e. The topological polar surface area (TPSA) is 0 Å². The average Bonchev–Trinajstić information content (AvgIpc) is 2.13. The molecule has 0 unspecified atom stereocenters. The SMILES string of the molecule is FC(F)(F)c1cc(C(F)(F)F)c(CBr)cc1Cl. The lowest BCUT2D eigenvalue weighted by molar-refractivity contribution is -0.143. The fourth-order valence-electron chi connectivity index (χ4n) is 1.21. The van der Waals surface area contributed by atoms with E-state index in [0.717, 1.165) is 0 Å². The van der Waals surface area contributed by atoms with Crippen LogP contribution in [0.3, 0.4) is 0 Å². The number of hydrogen-bond acceptors (Lipinski definition) is 0. The van der Waals surface area contributed by atoms with Crippen LogP contribution in [-0.4, -0.2) is 0 Å². The van der Waals surface area contributed by atoms with Gasteiger partial charge in [-0.15, -0.1) is 0 Å². The van der Waals surface area contributed by atoms with Crippen molar-refractivity contribution >= 4 is 27.5 Å². The molecule has 0 spiro atoms. The zero-order chi connectivity index (χ0) is 13.4. The lowest BCUT2D eigenvalue weighted by atomic mass is 10.0. The number of alkyl halides is 7. The van der Waals surface area contributed by atoms with Gasteiger partial charge in [-0.2, -0.15) is 26.3 Å². The summed E-state index contributed by atoms with van der Waals surface area (Å²) in [5.74, 6) is 0. The molecular formula is C9H4BrClF6. The summed E-state index contributed by atoms with van der Waals surface area (Å²) in [6.07, 6.45) is -9.77. The Kier molecular flexibility index (Phi) is 4.03. The third-order valence-electron chi connectivity index (χ3n) is 1.95. The number of halogens is 8. The molecule has 96 valence electrons. The fraction of sp³-hybridized carbons (Fsp3) is 0.333. The van der Waals surface area contributed by atoms with E-state index in [1.807, 2.05) is 0 Å². The largest absolute Gasteiger partial charge is 0.417 e. The van der Waals surface area contributed by atoms with Crippen LogP contribution in [0.2, 0.25) is 5.02 Å². The molecule has 1 rings (SSSR count). The second-order valence-electron chi connectivity index (χ2n) is 3.12. The summed E-state index contributed by atoms with van der Waals surface area (Å²) in [6.45, 7) is 0. The van der Waals surface area contributed by atoms with Gasteiger partial charge in [0.1, 0.15) is 0 Å². The minimum absolute atomic E-state index is 0.0267. The van der Waals surface area contributed by atoms with Gasteiger partial charge in [0.2, 0.25) is 0 Å². The Morgan fingerprint density at radius 2 is 1.41 bits per heavy atom. The van der Waals surface area contributed by atoms with E-state index in [-0.39, 0.29) is 17.0 Å². The van der Waals surface area contributed by atoms with Gasteiger partial charge >= 0.3 is 12.4 Å². The first-order valence-electron chi connectivity index (χ1n) is 4.10. The molecule has 0 aliphatic rings. The van der Waals surface area contributed by atoms with Crippen LogP contribution in [-0.2, 0) is 17.7 Å². The maximum atomic E-state index is 12.5. The van der Waals surface area contributed by atoms with Crippen molar-refractivity contribution in [2.24, 2.45) is 0 Å². The summed E-state index contributed by atoms with van der Waals surface area (Å²) in [5.41, 5.74) is -3.17. The van der Waals surface area contributed by atoms with Crippen molar-refractivity contribution in [3.05, 3.63) is 33.8 Å². The molecule has 0 aromatic heterocycles. The second kappa shape index (κ2) is 4.68. The molecule has 0 aliphatic carbocycles. The Bertz CT molecular complexity index is 423. The van der Waals surface area contributed by atoms with Gasteiger partial charge in [-0.25, -0.2) is 0 Å². The van der Waals surface area contributed by atoms with Crippen LogP contribution in [0, 0.1) is 0 Å². The molecule has 0 saturated heterocycles. The van der Waals surface area contributed by atoms with Crippen molar-refractivity contribution in [1.82, 2.24) is 0 Å². The van der Waals surface area contributed by atoms with Crippen molar-refractivity contribution in [1.29, 1.82) is 0 Å². The van der Waals surface area contributed by atoms with Gasteiger partial charge in [-0.05, 0) is 17.7 Å². The quantitative estimate of drug-likeness (QED) is 0.482. The molecule has 0 heterocycles. The van der Waals surface area contributed by atoms with E-state index in [1.165, 1.54) is 0 Å². The summed E-state index contributed by atoms with van der Waals surface area (Å²) >= 11 is 8.08. The molecule has 0 amide bonds. The molecule has 0 bridgehead atoms. The molecular weight excluding hydrogens is 337 g/mol. The molecule has 0 fully saturated rings. The van der Waals surface area contributed by atoms with Crippen LogP contribution in [0.15, 0.2) is 12.1 Å². The molecule has 0 radical (unpaired) electrons. The van der Waals surface area contributed by atoms with Crippen molar-refractivity contribution in [2.75, 3.05) is 0 Å². The Hall–Kier alpha value is -0.430. The van der Waals surface area contributed by atoms with Gasteiger partial charge in [-0.3, -0.25) is 0 Å². The first-order valence-corrected chi connectivity index (χ1v) is 5.60. The zero-order valence-electron chi connectivity index (χ0n) is 7.89. The summed E-state index contributed by atoms with van der Waals surface area (Å²) < 4.78 is 74.7. The summed E-state index contributed by atoms with van der Waals surface area (Å²) in [6, 6.07) is 0.695. The minimum atomic E-state index is -4.91. The van der Waals surface area contributed by atoms with E-state index in [1.54, 1.807) is 0 Å². The molecule has 8 heteroatoms. The zero-order valence-corrected chi connectivity index (χ0v) is 10.2. The highest BCUT2D eigenvalue weighted by Crippen LogP contribution is 2.41.